The van der Waals surface area contributed by atoms with Crippen molar-refractivity contribution in [2.75, 3.05) is 6.54 Å². The Morgan fingerprint density at radius 1 is 1.21 bits per heavy atom. The minimum Gasteiger partial charge on any atom is -0.207 e. The fourth-order valence-corrected chi connectivity index (χ4v) is 4.04. The second-order valence-corrected chi connectivity index (χ2v) is 6.85. The summed E-state index contributed by atoms with van der Waals surface area (Å²) in [6.07, 6.45) is 2.72. The molecule has 1 unspecified atom stereocenters. The second kappa shape index (κ2) is 7.06. The topological polar surface area (TPSA) is 37.4 Å². The minimum absolute atomic E-state index is 0.0381. The van der Waals surface area contributed by atoms with Crippen molar-refractivity contribution in [3.63, 3.8) is 0 Å². The lowest BCUT2D eigenvalue weighted by atomic mass is 10.2. The van der Waals surface area contributed by atoms with Gasteiger partial charge >= 0.3 is 0 Å². The first kappa shape index (κ1) is 16.2. The smallest absolute Gasteiger partial charge is 0.207 e. The highest BCUT2D eigenvalue weighted by Crippen LogP contribution is 2.23. The van der Waals surface area contributed by atoms with E-state index >= 15 is 0 Å². The van der Waals surface area contributed by atoms with E-state index in [-0.39, 0.29) is 6.04 Å². The molecule has 1 aromatic carbocycles. The Hall–Kier alpha value is -0.870. The summed E-state index contributed by atoms with van der Waals surface area (Å²) in [4.78, 5) is 0.436. The summed E-state index contributed by atoms with van der Waals surface area (Å²) in [7, 11) is -3.38. The molecule has 0 saturated heterocycles. The van der Waals surface area contributed by atoms with Crippen molar-refractivity contribution >= 4 is 10.0 Å². The van der Waals surface area contributed by atoms with E-state index in [0.717, 1.165) is 24.8 Å². The zero-order chi connectivity index (χ0) is 14.5. The molecule has 0 spiro atoms. The van der Waals surface area contributed by atoms with Crippen molar-refractivity contribution in [3.05, 3.63) is 29.8 Å². The largest absolute Gasteiger partial charge is 0.243 e. The summed E-state index contributed by atoms with van der Waals surface area (Å²) in [6.45, 7) is 8.53. The van der Waals surface area contributed by atoms with Gasteiger partial charge in [0.1, 0.15) is 0 Å². The maximum absolute atomic E-state index is 12.8. The first-order valence-corrected chi connectivity index (χ1v) is 8.46. The average molecular weight is 283 g/mol. The third kappa shape index (κ3) is 3.80. The average Bonchev–Trinajstić information content (AvgIpc) is 2.38. The van der Waals surface area contributed by atoms with Crippen LogP contribution in [-0.4, -0.2) is 25.3 Å². The maximum Gasteiger partial charge on any atom is 0.243 e. The summed E-state index contributed by atoms with van der Waals surface area (Å²) >= 11 is 0. The van der Waals surface area contributed by atoms with Crippen molar-refractivity contribution in [3.8, 4) is 0 Å². The van der Waals surface area contributed by atoms with Gasteiger partial charge in [-0.05, 0) is 38.3 Å². The highest BCUT2D eigenvalue weighted by atomic mass is 32.2. The Kier molecular flexibility index (Phi) is 6.01. The Balaban J connectivity index is 3.16. The number of benzene rings is 1. The van der Waals surface area contributed by atoms with Crippen molar-refractivity contribution in [1.82, 2.24) is 4.31 Å². The number of hydrogen-bond acceptors (Lipinski definition) is 2. The van der Waals surface area contributed by atoms with Gasteiger partial charge in [-0.25, -0.2) is 8.42 Å². The van der Waals surface area contributed by atoms with Gasteiger partial charge in [-0.15, -0.1) is 0 Å². The van der Waals surface area contributed by atoms with Crippen molar-refractivity contribution < 1.29 is 8.42 Å². The molecule has 19 heavy (non-hydrogen) atoms. The lowest BCUT2D eigenvalue weighted by Gasteiger charge is -2.28. The van der Waals surface area contributed by atoms with Gasteiger partial charge in [0.25, 0.3) is 0 Å². The Morgan fingerprint density at radius 2 is 1.84 bits per heavy atom. The molecule has 0 saturated carbocycles. The zero-order valence-corrected chi connectivity index (χ0v) is 13.2. The predicted molar refractivity (Wildman–Crippen MR) is 79.7 cm³/mol. The van der Waals surface area contributed by atoms with E-state index < -0.39 is 10.0 Å². The molecule has 0 heterocycles. The van der Waals surface area contributed by atoms with E-state index in [2.05, 4.69) is 6.92 Å². The molecule has 4 heteroatoms. The Bertz CT molecular complexity index is 497. The Labute approximate surface area is 117 Å². The lowest BCUT2D eigenvalue weighted by molar-refractivity contribution is 0.324. The van der Waals surface area contributed by atoms with Crippen LogP contribution in [0.25, 0.3) is 0 Å². The molecule has 0 aliphatic rings. The van der Waals surface area contributed by atoms with Gasteiger partial charge in [0.2, 0.25) is 10.0 Å². The van der Waals surface area contributed by atoms with Crippen LogP contribution in [0.1, 0.15) is 45.6 Å². The molecule has 0 radical (unpaired) electrons. The van der Waals surface area contributed by atoms with Crippen molar-refractivity contribution in [2.24, 2.45) is 0 Å². The van der Waals surface area contributed by atoms with Crippen LogP contribution in [0.5, 0.6) is 0 Å². The summed E-state index contributed by atoms with van der Waals surface area (Å²) in [5.41, 5.74) is 0.812. The molecule has 108 valence electrons. The van der Waals surface area contributed by atoms with Crippen LogP contribution in [0.3, 0.4) is 0 Å². The van der Waals surface area contributed by atoms with Gasteiger partial charge in [-0.2, -0.15) is 4.31 Å². The number of nitrogens with zero attached hydrogens (tertiary/aromatic N) is 1. The normalized spacial score (nSPS) is 13.7. The van der Waals surface area contributed by atoms with Crippen LogP contribution in [0.2, 0.25) is 0 Å². The predicted octanol–water partition coefficient (Wildman–Crippen LogP) is 3.58. The molecule has 3 nitrogen and oxygen atoms in total. The van der Waals surface area contributed by atoms with Crippen molar-refractivity contribution in [2.45, 2.75) is 57.9 Å². The fraction of sp³-hybridized carbons (Fsp3) is 0.600. The number of sulfonamides is 1. The molecular formula is C15H25NO2S. The van der Waals surface area contributed by atoms with Gasteiger partial charge in [-0.3, -0.25) is 0 Å². The first-order chi connectivity index (χ1) is 8.95. The van der Waals surface area contributed by atoms with Crippen LogP contribution >= 0.6 is 0 Å². The van der Waals surface area contributed by atoms with Crippen LogP contribution in [-0.2, 0) is 10.0 Å². The lowest BCUT2D eigenvalue weighted by Crippen LogP contribution is -2.39. The number of unbranched alkanes of at least 4 members (excludes halogenated alkanes) is 1. The number of rotatable bonds is 7. The molecular weight excluding hydrogens is 258 g/mol. The molecule has 0 aromatic heterocycles. The minimum atomic E-state index is -3.38. The monoisotopic (exact) mass is 283 g/mol. The van der Waals surface area contributed by atoms with E-state index in [0.29, 0.717) is 11.4 Å². The van der Waals surface area contributed by atoms with Crippen LogP contribution in [0, 0.1) is 6.92 Å². The van der Waals surface area contributed by atoms with Crippen LogP contribution < -0.4 is 0 Å². The second-order valence-electron chi connectivity index (χ2n) is 4.99. The van der Waals surface area contributed by atoms with E-state index in [1.165, 1.54) is 0 Å². The molecule has 0 N–H and O–H groups in total. The van der Waals surface area contributed by atoms with E-state index in [1.54, 1.807) is 16.4 Å². The summed E-state index contributed by atoms with van der Waals surface area (Å²) < 4.78 is 27.2. The number of hydrogen-bond donors (Lipinski definition) is 0. The number of aryl methyl sites for hydroxylation is 1. The summed E-state index contributed by atoms with van der Waals surface area (Å²) in [5, 5.41) is 0. The molecule has 0 aliphatic heterocycles. The molecule has 0 fully saturated rings. The molecule has 0 aliphatic carbocycles. The van der Waals surface area contributed by atoms with Gasteiger partial charge in [0, 0.05) is 12.6 Å². The Morgan fingerprint density at radius 3 is 2.37 bits per heavy atom. The highest BCUT2D eigenvalue weighted by molar-refractivity contribution is 7.89. The standard InChI is InChI=1S/C15H25NO2S/c1-5-7-12-16(14(4)6-2)19(17,18)15-11-9-8-10-13(15)3/h8-11,14H,5-7,12H2,1-4H3. The third-order valence-corrected chi connectivity index (χ3v) is 5.67. The molecule has 1 rings (SSSR count). The van der Waals surface area contributed by atoms with E-state index in [1.807, 2.05) is 32.9 Å². The summed E-state index contributed by atoms with van der Waals surface area (Å²) in [5.74, 6) is 0. The van der Waals surface area contributed by atoms with Crippen molar-refractivity contribution in [1.29, 1.82) is 0 Å². The van der Waals surface area contributed by atoms with Crippen LogP contribution in [0.4, 0.5) is 0 Å². The summed E-state index contributed by atoms with van der Waals surface area (Å²) in [6, 6.07) is 7.24. The molecule has 0 amide bonds. The van der Waals surface area contributed by atoms with Gasteiger partial charge in [0.05, 0.1) is 4.90 Å². The maximum atomic E-state index is 12.8. The fourth-order valence-electron chi connectivity index (χ4n) is 2.07. The van der Waals surface area contributed by atoms with Gasteiger partial charge < -0.3 is 0 Å². The third-order valence-electron chi connectivity index (χ3n) is 3.49. The zero-order valence-electron chi connectivity index (χ0n) is 12.4. The molecule has 1 aromatic rings. The highest BCUT2D eigenvalue weighted by Gasteiger charge is 2.28. The van der Waals surface area contributed by atoms with Gasteiger partial charge in [-0.1, -0.05) is 38.5 Å². The SMILES string of the molecule is CCCCN(C(C)CC)S(=O)(=O)c1ccccc1C. The van der Waals surface area contributed by atoms with E-state index in [4.69, 9.17) is 0 Å². The molecule has 0 bridgehead atoms. The van der Waals surface area contributed by atoms with E-state index in [9.17, 15) is 8.42 Å². The first-order valence-electron chi connectivity index (χ1n) is 7.02. The molecule has 1 atom stereocenters. The van der Waals surface area contributed by atoms with Gasteiger partial charge in [0.15, 0.2) is 0 Å². The van der Waals surface area contributed by atoms with Crippen LogP contribution in [0.15, 0.2) is 29.2 Å². The quantitative estimate of drug-likeness (QED) is 0.767.